The number of aromatic nitrogens is 3. The van der Waals surface area contributed by atoms with Crippen molar-refractivity contribution in [2.24, 2.45) is 0 Å². The third kappa shape index (κ3) is 3.19. The van der Waals surface area contributed by atoms with Crippen LogP contribution < -0.4 is 5.32 Å². The van der Waals surface area contributed by atoms with Crippen LogP contribution in [0.5, 0.6) is 0 Å². The molecule has 2 rings (SSSR count). The predicted molar refractivity (Wildman–Crippen MR) is 79.0 cm³/mol. The molecule has 0 aromatic carbocycles. The van der Waals surface area contributed by atoms with E-state index in [1.807, 2.05) is 26.0 Å². The van der Waals surface area contributed by atoms with Crippen molar-refractivity contribution in [3.63, 3.8) is 0 Å². The molecule has 7 nitrogen and oxygen atoms in total. The Morgan fingerprint density at radius 2 is 2.30 bits per heavy atom. The van der Waals surface area contributed by atoms with Gasteiger partial charge in [0, 0.05) is 19.1 Å². The average Bonchev–Trinajstić information content (AvgIpc) is 2.75. The van der Waals surface area contributed by atoms with Crippen LogP contribution in [0.3, 0.4) is 0 Å². The molecule has 0 aliphatic rings. The standard InChI is InChI=1S/C12H16BrN5O2/c1-8(2)17(12(19)20)6-5-14-10-3-4-11-15-7-9(13)18(11)16-10/h3-4,7-8H,5-6H2,1-2H3,(H,14,16)(H,19,20). The number of amides is 1. The molecule has 0 spiro atoms. The number of fused-ring (bicyclic) bond motifs is 1. The van der Waals surface area contributed by atoms with Gasteiger partial charge in [0.05, 0.1) is 6.20 Å². The topological polar surface area (TPSA) is 82.8 Å². The Bertz CT molecular complexity index is 613. The highest BCUT2D eigenvalue weighted by molar-refractivity contribution is 9.10. The van der Waals surface area contributed by atoms with E-state index >= 15 is 0 Å². The molecule has 0 saturated heterocycles. The fourth-order valence-corrected chi connectivity index (χ4v) is 2.18. The first-order valence-corrected chi connectivity index (χ1v) is 7.02. The van der Waals surface area contributed by atoms with E-state index in [9.17, 15) is 4.79 Å². The van der Waals surface area contributed by atoms with Gasteiger partial charge in [-0.1, -0.05) is 0 Å². The summed E-state index contributed by atoms with van der Waals surface area (Å²) in [5, 5.41) is 16.5. The lowest BCUT2D eigenvalue weighted by molar-refractivity contribution is 0.134. The highest BCUT2D eigenvalue weighted by Gasteiger charge is 2.14. The van der Waals surface area contributed by atoms with Crippen LogP contribution in [-0.2, 0) is 0 Å². The van der Waals surface area contributed by atoms with Gasteiger partial charge in [0.1, 0.15) is 10.4 Å². The first-order chi connectivity index (χ1) is 9.49. The van der Waals surface area contributed by atoms with Gasteiger partial charge in [0.15, 0.2) is 5.65 Å². The number of carboxylic acid groups (broad SMARTS) is 1. The van der Waals surface area contributed by atoms with Crippen molar-refractivity contribution >= 4 is 33.5 Å². The summed E-state index contributed by atoms with van der Waals surface area (Å²) in [5.74, 6) is 0.672. The number of rotatable bonds is 5. The Labute approximate surface area is 124 Å². The highest BCUT2D eigenvalue weighted by atomic mass is 79.9. The van der Waals surface area contributed by atoms with Crippen LogP contribution in [0.25, 0.3) is 5.65 Å². The minimum atomic E-state index is -0.914. The molecule has 8 heteroatoms. The third-order valence-corrected chi connectivity index (χ3v) is 3.39. The van der Waals surface area contributed by atoms with Crippen LogP contribution in [0.2, 0.25) is 0 Å². The quantitative estimate of drug-likeness (QED) is 0.871. The summed E-state index contributed by atoms with van der Waals surface area (Å²) in [6.07, 6.45) is 0.763. The Morgan fingerprint density at radius 1 is 1.55 bits per heavy atom. The zero-order valence-electron chi connectivity index (χ0n) is 11.2. The Balaban J connectivity index is 1.98. The van der Waals surface area contributed by atoms with Crippen LogP contribution in [0.4, 0.5) is 10.6 Å². The lowest BCUT2D eigenvalue weighted by atomic mass is 10.3. The maximum absolute atomic E-state index is 11.0. The summed E-state index contributed by atoms with van der Waals surface area (Å²) in [7, 11) is 0. The lowest BCUT2D eigenvalue weighted by Crippen LogP contribution is -2.39. The van der Waals surface area contributed by atoms with Crippen molar-refractivity contribution < 1.29 is 9.90 Å². The summed E-state index contributed by atoms with van der Waals surface area (Å²) in [4.78, 5) is 16.6. The van der Waals surface area contributed by atoms with E-state index in [4.69, 9.17) is 5.11 Å². The van der Waals surface area contributed by atoms with E-state index < -0.39 is 6.09 Å². The van der Waals surface area contributed by atoms with Crippen LogP contribution >= 0.6 is 15.9 Å². The van der Waals surface area contributed by atoms with Gasteiger partial charge >= 0.3 is 6.09 Å². The number of halogens is 1. The largest absolute Gasteiger partial charge is 0.465 e. The van der Waals surface area contributed by atoms with Crippen molar-refractivity contribution in [1.29, 1.82) is 0 Å². The molecule has 0 atom stereocenters. The summed E-state index contributed by atoms with van der Waals surface area (Å²) >= 11 is 3.35. The first-order valence-electron chi connectivity index (χ1n) is 6.22. The number of hydrogen-bond acceptors (Lipinski definition) is 4. The zero-order valence-corrected chi connectivity index (χ0v) is 12.8. The molecule has 2 N–H and O–H groups in total. The average molecular weight is 342 g/mol. The number of nitrogens with zero attached hydrogens (tertiary/aromatic N) is 4. The van der Waals surface area contributed by atoms with Gasteiger partial charge in [0.25, 0.3) is 0 Å². The summed E-state index contributed by atoms with van der Waals surface area (Å²) < 4.78 is 2.44. The molecule has 0 unspecified atom stereocenters. The molecule has 20 heavy (non-hydrogen) atoms. The Hall–Kier alpha value is -1.83. The van der Waals surface area contributed by atoms with E-state index in [0.717, 1.165) is 10.3 Å². The van der Waals surface area contributed by atoms with E-state index in [-0.39, 0.29) is 6.04 Å². The van der Waals surface area contributed by atoms with Gasteiger partial charge in [-0.15, -0.1) is 5.10 Å². The lowest BCUT2D eigenvalue weighted by Gasteiger charge is -2.23. The van der Waals surface area contributed by atoms with Crippen LogP contribution in [0.1, 0.15) is 13.8 Å². The molecule has 1 amide bonds. The molecule has 0 saturated carbocycles. The second-order valence-corrected chi connectivity index (χ2v) is 5.38. The smallest absolute Gasteiger partial charge is 0.407 e. The number of hydrogen-bond donors (Lipinski definition) is 2. The van der Waals surface area contributed by atoms with Crippen molar-refractivity contribution in [3.05, 3.63) is 22.9 Å². The molecule has 108 valence electrons. The van der Waals surface area contributed by atoms with Crippen molar-refractivity contribution in [2.45, 2.75) is 19.9 Å². The van der Waals surface area contributed by atoms with Crippen molar-refractivity contribution in [3.8, 4) is 0 Å². The zero-order chi connectivity index (χ0) is 14.7. The summed E-state index contributed by atoms with van der Waals surface area (Å²) in [6.45, 7) is 4.59. The minimum absolute atomic E-state index is 0.0486. The van der Waals surface area contributed by atoms with Gasteiger partial charge in [0.2, 0.25) is 0 Å². The van der Waals surface area contributed by atoms with E-state index in [2.05, 4.69) is 31.3 Å². The molecule has 2 aromatic heterocycles. The number of imidazole rings is 1. The summed E-state index contributed by atoms with van der Waals surface area (Å²) in [5.41, 5.74) is 0.747. The molecule has 2 aromatic rings. The molecule has 0 aliphatic heterocycles. The second kappa shape index (κ2) is 6.08. The van der Waals surface area contributed by atoms with Gasteiger partial charge in [-0.05, 0) is 41.9 Å². The predicted octanol–water partition coefficient (Wildman–Crippen LogP) is 2.29. The second-order valence-electron chi connectivity index (χ2n) is 4.57. The molecule has 2 heterocycles. The Kier molecular flexibility index (Phi) is 4.43. The maximum Gasteiger partial charge on any atom is 0.407 e. The van der Waals surface area contributed by atoms with Gasteiger partial charge in [-0.25, -0.2) is 14.3 Å². The third-order valence-electron chi connectivity index (χ3n) is 2.85. The number of anilines is 1. The van der Waals surface area contributed by atoms with Gasteiger partial charge in [-0.3, -0.25) is 0 Å². The number of nitrogens with one attached hydrogen (secondary N) is 1. The fraction of sp³-hybridized carbons (Fsp3) is 0.417. The van der Waals surface area contributed by atoms with Crippen LogP contribution in [0, 0.1) is 0 Å². The van der Waals surface area contributed by atoms with Crippen LogP contribution in [0.15, 0.2) is 22.9 Å². The van der Waals surface area contributed by atoms with Gasteiger partial charge in [-0.2, -0.15) is 0 Å². The van der Waals surface area contributed by atoms with E-state index in [0.29, 0.717) is 18.9 Å². The van der Waals surface area contributed by atoms with Crippen LogP contribution in [-0.4, -0.2) is 49.8 Å². The van der Waals surface area contributed by atoms with Crippen molar-refractivity contribution in [1.82, 2.24) is 19.5 Å². The minimum Gasteiger partial charge on any atom is -0.465 e. The summed E-state index contributed by atoms with van der Waals surface area (Å²) in [6, 6.07) is 3.61. The maximum atomic E-state index is 11.0. The van der Waals surface area contributed by atoms with E-state index in [1.54, 1.807) is 10.7 Å². The molecule has 0 radical (unpaired) electrons. The first kappa shape index (κ1) is 14.6. The normalized spacial score (nSPS) is 11.0. The van der Waals surface area contributed by atoms with Crippen molar-refractivity contribution in [2.75, 3.05) is 18.4 Å². The fourth-order valence-electron chi connectivity index (χ4n) is 1.82. The highest BCUT2D eigenvalue weighted by Crippen LogP contribution is 2.13. The monoisotopic (exact) mass is 341 g/mol. The Morgan fingerprint density at radius 3 is 2.95 bits per heavy atom. The molecule has 0 fully saturated rings. The number of carbonyl (C=O) groups is 1. The molecule has 0 bridgehead atoms. The van der Waals surface area contributed by atoms with Gasteiger partial charge < -0.3 is 15.3 Å². The molecular weight excluding hydrogens is 326 g/mol. The molecular formula is C12H16BrN5O2. The van der Waals surface area contributed by atoms with E-state index in [1.165, 1.54) is 4.90 Å². The SMILES string of the molecule is CC(C)N(CCNc1ccc2ncc(Br)n2n1)C(=O)O. The molecule has 0 aliphatic carbocycles.